The SMILES string of the molecule is Fc1ccc(Br)cc1CNc1nnns1. The summed E-state index contributed by atoms with van der Waals surface area (Å²) in [6.45, 7) is 0.363. The van der Waals surface area contributed by atoms with Crippen LogP contribution >= 0.6 is 27.5 Å². The van der Waals surface area contributed by atoms with E-state index in [9.17, 15) is 4.39 Å². The molecule has 0 spiro atoms. The van der Waals surface area contributed by atoms with Crippen LogP contribution in [0.25, 0.3) is 0 Å². The second-order valence-electron chi connectivity index (χ2n) is 2.76. The van der Waals surface area contributed by atoms with Crippen molar-refractivity contribution in [3.8, 4) is 0 Å². The maximum Gasteiger partial charge on any atom is 0.225 e. The quantitative estimate of drug-likeness (QED) is 0.943. The van der Waals surface area contributed by atoms with Crippen LogP contribution < -0.4 is 5.32 Å². The Morgan fingerprint density at radius 2 is 2.33 bits per heavy atom. The number of nitrogens with one attached hydrogen (secondary N) is 1. The van der Waals surface area contributed by atoms with Crippen molar-refractivity contribution in [1.29, 1.82) is 0 Å². The topological polar surface area (TPSA) is 50.7 Å². The molecule has 1 heterocycles. The number of hydrogen-bond acceptors (Lipinski definition) is 5. The number of anilines is 1. The average molecular weight is 289 g/mol. The van der Waals surface area contributed by atoms with Crippen LogP contribution in [0, 0.1) is 5.82 Å². The summed E-state index contributed by atoms with van der Waals surface area (Å²) in [7, 11) is 0. The first-order chi connectivity index (χ1) is 7.25. The van der Waals surface area contributed by atoms with Gasteiger partial charge in [0.05, 0.1) is 0 Å². The summed E-state index contributed by atoms with van der Waals surface area (Å²) in [6.07, 6.45) is 0. The maximum absolute atomic E-state index is 13.3. The summed E-state index contributed by atoms with van der Waals surface area (Å²) < 4.78 is 17.7. The van der Waals surface area contributed by atoms with Crippen molar-refractivity contribution in [2.24, 2.45) is 0 Å². The summed E-state index contributed by atoms with van der Waals surface area (Å²) in [5, 5.41) is 10.6. The van der Waals surface area contributed by atoms with E-state index in [-0.39, 0.29) is 5.82 Å². The van der Waals surface area contributed by atoms with E-state index in [0.29, 0.717) is 17.2 Å². The summed E-state index contributed by atoms with van der Waals surface area (Å²) in [4.78, 5) is 0. The van der Waals surface area contributed by atoms with Crippen LogP contribution in [0.15, 0.2) is 22.7 Å². The fraction of sp³-hybridized carbons (Fsp3) is 0.125. The number of hydrogen-bond donors (Lipinski definition) is 1. The summed E-state index contributed by atoms with van der Waals surface area (Å²) >= 11 is 4.42. The van der Waals surface area contributed by atoms with Crippen molar-refractivity contribution in [2.75, 3.05) is 5.32 Å². The standard InChI is InChI=1S/C8H6BrFN4S/c9-6-1-2-7(10)5(3-6)4-11-8-12-13-14-15-8/h1-3H,4H2,(H,11,12,14). The van der Waals surface area contributed by atoms with Crippen molar-refractivity contribution in [1.82, 2.24) is 14.8 Å². The normalized spacial score (nSPS) is 10.3. The number of benzene rings is 1. The van der Waals surface area contributed by atoms with Crippen molar-refractivity contribution in [2.45, 2.75) is 6.54 Å². The zero-order valence-corrected chi connectivity index (χ0v) is 9.85. The van der Waals surface area contributed by atoms with Gasteiger partial charge in [-0.2, -0.15) is 0 Å². The fourth-order valence-corrected chi connectivity index (χ4v) is 1.82. The largest absolute Gasteiger partial charge is 0.355 e. The Labute approximate surface area is 97.8 Å². The van der Waals surface area contributed by atoms with Crippen LogP contribution in [0.4, 0.5) is 9.52 Å². The molecule has 0 aliphatic heterocycles. The van der Waals surface area contributed by atoms with Crippen LogP contribution in [-0.4, -0.2) is 14.8 Å². The molecule has 0 bridgehead atoms. The minimum atomic E-state index is -0.247. The monoisotopic (exact) mass is 288 g/mol. The molecule has 2 rings (SSSR count). The molecule has 0 unspecified atom stereocenters. The average Bonchev–Trinajstić information content (AvgIpc) is 2.72. The third-order valence-electron chi connectivity index (χ3n) is 1.74. The maximum atomic E-state index is 13.3. The molecule has 1 aromatic heterocycles. The Morgan fingerprint density at radius 1 is 1.47 bits per heavy atom. The van der Waals surface area contributed by atoms with E-state index in [1.165, 1.54) is 6.07 Å². The number of halogens is 2. The van der Waals surface area contributed by atoms with E-state index in [2.05, 4.69) is 36.0 Å². The predicted octanol–water partition coefficient (Wildman–Crippen LogP) is 2.45. The van der Waals surface area contributed by atoms with Crippen molar-refractivity contribution < 1.29 is 4.39 Å². The Kier molecular flexibility index (Phi) is 3.22. The predicted molar refractivity (Wildman–Crippen MR) is 59.1 cm³/mol. The molecule has 1 aromatic carbocycles. The molecular weight excluding hydrogens is 283 g/mol. The summed E-state index contributed by atoms with van der Waals surface area (Å²) in [5.74, 6) is -0.247. The molecule has 1 N–H and O–H groups in total. The minimum Gasteiger partial charge on any atom is -0.355 e. The molecule has 0 amide bonds. The van der Waals surface area contributed by atoms with Gasteiger partial charge >= 0.3 is 0 Å². The third-order valence-corrected chi connectivity index (χ3v) is 2.78. The van der Waals surface area contributed by atoms with Gasteiger partial charge in [-0.3, -0.25) is 0 Å². The van der Waals surface area contributed by atoms with Crippen molar-refractivity contribution >= 4 is 32.6 Å². The first kappa shape index (κ1) is 10.4. The molecule has 0 saturated heterocycles. The van der Waals surface area contributed by atoms with Crippen LogP contribution in [-0.2, 0) is 6.54 Å². The van der Waals surface area contributed by atoms with Gasteiger partial charge in [-0.1, -0.05) is 25.5 Å². The number of nitrogens with zero attached hydrogens (tertiary/aromatic N) is 3. The molecule has 0 fully saturated rings. The van der Waals surface area contributed by atoms with E-state index in [4.69, 9.17) is 0 Å². The Morgan fingerprint density at radius 3 is 3.07 bits per heavy atom. The van der Waals surface area contributed by atoms with Gasteiger partial charge in [-0.25, -0.2) is 4.39 Å². The molecule has 7 heteroatoms. The Hall–Kier alpha value is -1.08. The highest BCUT2D eigenvalue weighted by Gasteiger charge is 2.03. The lowest BCUT2D eigenvalue weighted by Crippen LogP contribution is -2.01. The van der Waals surface area contributed by atoms with Gasteiger partial charge in [-0.15, -0.1) is 0 Å². The molecule has 4 nitrogen and oxygen atoms in total. The number of rotatable bonds is 3. The van der Waals surface area contributed by atoms with Crippen LogP contribution in [0.3, 0.4) is 0 Å². The van der Waals surface area contributed by atoms with Gasteiger partial charge < -0.3 is 5.32 Å². The Balaban J connectivity index is 2.07. The van der Waals surface area contributed by atoms with Crippen molar-refractivity contribution in [3.63, 3.8) is 0 Å². The van der Waals surface area contributed by atoms with Crippen LogP contribution in [0.2, 0.25) is 0 Å². The molecule has 0 aliphatic rings. The highest BCUT2D eigenvalue weighted by Crippen LogP contribution is 2.17. The van der Waals surface area contributed by atoms with Gasteiger partial charge in [-0.05, 0) is 23.4 Å². The van der Waals surface area contributed by atoms with Crippen molar-refractivity contribution in [3.05, 3.63) is 34.1 Å². The van der Waals surface area contributed by atoms with Gasteiger partial charge in [0, 0.05) is 28.1 Å². The highest BCUT2D eigenvalue weighted by atomic mass is 79.9. The van der Waals surface area contributed by atoms with E-state index in [0.717, 1.165) is 16.0 Å². The second-order valence-corrected chi connectivity index (χ2v) is 4.41. The molecule has 0 saturated carbocycles. The van der Waals surface area contributed by atoms with Gasteiger partial charge in [0.25, 0.3) is 0 Å². The molecule has 2 aromatic rings. The van der Waals surface area contributed by atoms with E-state index in [1.54, 1.807) is 12.1 Å². The highest BCUT2D eigenvalue weighted by molar-refractivity contribution is 9.10. The first-order valence-electron chi connectivity index (χ1n) is 4.08. The van der Waals surface area contributed by atoms with E-state index in [1.807, 2.05) is 0 Å². The zero-order chi connectivity index (χ0) is 10.7. The molecule has 78 valence electrons. The van der Waals surface area contributed by atoms with Gasteiger partial charge in [0.1, 0.15) is 5.82 Å². The van der Waals surface area contributed by atoms with E-state index >= 15 is 0 Å². The van der Waals surface area contributed by atoms with Crippen LogP contribution in [0.5, 0.6) is 0 Å². The van der Waals surface area contributed by atoms with Crippen LogP contribution in [0.1, 0.15) is 5.56 Å². The summed E-state index contributed by atoms with van der Waals surface area (Å²) in [5.41, 5.74) is 0.569. The lowest BCUT2D eigenvalue weighted by molar-refractivity contribution is 0.612. The molecule has 0 aliphatic carbocycles. The molecule has 0 radical (unpaired) electrons. The van der Waals surface area contributed by atoms with Gasteiger partial charge in [0.15, 0.2) is 0 Å². The minimum absolute atomic E-state index is 0.247. The molecule has 15 heavy (non-hydrogen) atoms. The first-order valence-corrected chi connectivity index (χ1v) is 5.65. The molecule has 0 atom stereocenters. The Bertz CT molecular complexity index is 448. The zero-order valence-electron chi connectivity index (χ0n) is 7.44. The smallest absolute Gasteiger partial charge is 0.225 e. The fourth-order valence-electron chi connectivity index (χ4n) is 1.05. The number of aromatic nitrogens is 3. The lowest BCUT2D eigenvalue weighted by atomic mass is 10.2. The molecular formula is C8H6BrFN4S. The third kappa shape index (κ3) is 2.69. The second kappa shape index (κ2) is 4.63. The van der Waals surface area contributed by atoms with E-state index < -0.39 is 0 Å². The summed E-state index contributed by atoms with van der Waals surface area (Å²) in [6, 6.07) is 4.79. The lowest BCUT2D eigenvalue weighted by Gasteiger charge is -2.03. The van der Waals surface area contributed by atoms with Gasteiger partial charge in [0.2, 0.25) is 5.13 Å².